The molecule has 104 valence electrons. The van der Waals surface area contributed by atoms with Crippen LogP contribution in [0.1, 0.15) is 24.8 Å². The normalized spacial score (nSPS) is 16.8. The Hall–Kier alpha value is -2.35. The number of nitrogens with one attached hydrogen (secondary N) is 1. The van der Waals surface area contributed by atoms with Crippen molar-refractivity contribution in [2.45, 2.75) is 30.7 Å². The number of halogens is 1. The Kier molecular flexibility index (Phi) is 3.75. The molecular weight excluding hydrogens is 261 g/mol. The Morgan fingerprint density at radius 1 is 1.40 bits per heavy atom. The van der Waals surface area contributed by atoms with Crippen molar-refractivity contribution in [2.75, 3.05) is 0 Å². The van der Waals surface area contributed by atoms with Crippen molar-refractivity contribution in [3.63, 3.8) is 0 Å². The summed E-state index contributed by atoms with van der Waals surface area (Å²) in [6.45, 7) is 0. The number of hydrogen-bond acceptors (Lipinski definition) is 2. The van der Waals surface area contributed by atoms with Gasteiger partial charge < -0.3 is 10.4 Å². The second kappa shape index (κ2) is 5.33. The van der Waals surface area contributed by atoms with Crippen molar-refractivity contribution >= 4 is 11.9 Å². The fourth-order valence-corrected chi connectivity index (χ4v) is 2.16. The van der Waals surface area contributed by atoms with E-state index < -0.39 is 17.4 Å². The van der Waals surface area contributed by atoms with Gasteiger partial charge in [0.2, 0.25) is 5.91 Å². The summed E-state index contributed by atoms with van der Waals surface area (Å²) in [6.07, 6.45) is 6.26. The Labute approximate surface area is 116 Å². The van der Waals surface area contributed by atoms with Crippen LogP contribution in [0.3, 0.4) is 0 Å². The Morgan fingerprint density at radius 2 is 2.00 bits per heavy atom. The molecule has 0 bridgehead atoms. The summed E-state index contributed by atoms with van der Waals surface area (Å²) in [4.78, 5) is 23.3. The van der Waals surface area contributed by atoms with Gasteiger partial charge in [-0.2, -0.15) is 0 Å². The number of amides is 1. The van der Waals surface area contributed by atoms with E-state index >= 15 is 0 Å². The smallest absolute Gasteiger partial charge is 0.327 e. The number of carbonyl (C=O) groups is 2. The molecule has 4 nitrogen and oxygen atoms in total. The van der Waals surface area contributed by atoms with Gasteiger partial charge in [-0.05, 0) is 30.5 Å². The Morgan fingerprint density at radius 3 is 2.45 bits per heavy atom. The molecule has 0 radical (unpaired) electrons. The molecule has 0 spiro atoms. The van der Waals surface area contributed by atoms with Crippen molar-refractivity contribution in [2.24, 2.45) is 0 Å². The lowest BCUT2D eigenvalue weighted by molar-refractivity contribution is -0.142. The third-order valence-electron chi connectivity index (χ3n) is 3.51. The van der Waals surface area contributed by atoms with Gasteiger partial charge in [0.05, 0.1) is 5.41 Å². The van der Waals surface area contributed by atoms with Crippen LogP contribution in [-0.4, -0.2) is 23.0 Å². The zero-order chi connectivity index (χ0) is 14.8. The van der Waals surface area contributed by atoms with Crippen LogP contribution in [0.2, 0.25) is 0 Å². The van der Waals surface area contributed by atoms with Crippen LogP contribution in [0.25, 0.3) is 0 Å². The van der Waals surface area contributed by atoms with Gasteiger partial charge in [-0.15, -0.1) is 12.3 Å². The minimum Gasteiger partial charge on any atom is -0.480 e. The fourth-order valence-electron chi connectivity index (χ4n) is 2.16. The Balaban J connectivity index is 2.14. The largest absolute Gasteiger partial charge is 0.480 e. The van der Waals surface area contributed by atoms with E-state index in [0.717, 1.165) is 0 Å². The molecule has 1 aliphatic carbocycles. The van der Waals surface area contributed by atoms with Gasteiger partial charge in [0.15, 0.2) is 0 Å². The zero-order valence-electron chi connectivity index (χ0n) is 10.7. The van der Waals surface area contributed by atoms with Gasteiger partial charge in [-0.1, -0.05) is 12.1 Å². The van der Waals surface area contributed by atoms with E-state index in [2.05, 4.69) is 11.2 Å². The predicted molar refractivity (Wildman–Crippen MR) is 70.3 cm³/mol. The molecule has 0 aliphatic heterocycles. The number of benzene rings is 1. The predicted octanol–water partition coefficient (Wildman–Crippen LogP) is 1.45. The zero-order valence-corrected chi connectivity index (χ0v) is 10.7. The summed E-state index contributed by atoms with van der Waals surface area (Å²) in [7, 11) is 0. The molecule has 20 heavy (non-hydrogen) atoms. The lowest BCUT2D eigenvalue weighted by atomic mass is 9.94. The number of carboxylic acids is 1. The molecular formula is C15H14FNO3. The van der Waals surface area contributed by atoms with E-state index in [0.29, 0.717) is 18.4 Å². The van der Waals surface area contributed by atoms with E-state index in [1.807, 2.05) is 0 Å². The number of hydrogen-bond donors (Lipinski definition) is 2. The van der Waals surface area contributed by atoms with Crippen molar-refractivity contribution in [3.8, 4) is 12.3 Å². The minimum atomic E-state index is -1.16. The van der Waals surface area contributed by atoms with Gasteiger partial charge >= 0.3 is 5.97 Å². The summed E-state index contributed by atoms with van der Waals surface area (Å²) < 4.78 is 12.9. The first-order valence-corrected chi connectivity index (χ1v) is 6.23. The van der Waals surface area contributed by atoms with E-state index in [-0.39, 0.29) is 18.1 Å². The molecule has 1 aliphatic rings. The molecule has 1 aromatic rings. The highest BCUT2D eigenvalue weighted by molar-refractivity contribution is 5.94. The van der Waals surface area contributed by atoms with Gasteiger partial charge in [0.25, 0.3) is 0 Å². The molecule has 0 heterocycles. The standard InChI is InChI=1S/C15H14FNO3/c1-2-3-12(13(18)19)17-14(20)15(8-9-15)10-4-6-11(16)7-5-10/h1,4-7,12H,3,8-9H2,(H,17,20)(H,18,19). The lowest BCUT2D eigenvalue weighted by Crippen LogP contribution is -2.45. The van der Waals surface area contributed by atoms with Crippen molar-refractivity contribution in [1.82, 2.24) is 5.32 Å². The third kappa shape index (κ3) is 2.64. The first-order valence-electron chi connectivity index (χ1n) is 6.23. The lowest BCUT2D eigenvalue weighted by Gasteiger charge is -2.19. The maximum atomic E-state index is 12.9. The van der Waals surface area contributed by atoms with E-state index in [4.69, 9.17) is 11.5 Å². The highest BCUT2D eigenvalue weighted by atomic mass is 19.1. The average Bonchev–Trinajstić information content (AvgIpc) is 3.20. The molecule has 1 fully saturated rings. The highest BCUT2D eigenvalue weighted by Crippen LogP contribution is 2.48. The number of aliphatic carboxylic acids is 1. The molecule has 1 saturated carbocycles. The van der Waals surface area contributed by atoms with Gasteiger partial charge in [-0.3, -0.25) is 4.79 Å². The molecule has 5 heteroatoms. The van der Waals surface area contributed by atoms with Crippen molar-refractivity contribution in [1.29, 1.82) is 0 Å². The summed E-state index contributed by atoms with van der Waals surface area (Å²) in [6, 6.07) is 4.60. The molecule has 1 aromatic carbocycles. The minimum absolute atomic E-state index is 0.0689. The van der Waals surface area contributed by atoms with Crippen LogP contribution in [0.5, 0.6) is 0 Å². The van der Waals surface area contributed by atoms with Crippen molar-refractivity contribution in [3.05, 3.63) is 35.6 Å². The first kappa shape index (κ1) is 14.1. The van der Waals surface area contributed by atoms with Gasteiger partial charge in [0.1, 0.15) is 11.9 Å². The number of carbonyl (C=O) groups excluding carboxylic acids is 1. The quantitative estimate of drug-likeness (QED) is 0.799. The SMILES string of the molecule is C#CCC(NC(=O)C1(c2ccc(F)cc2)CC1)C(=O)O. The molecule has 1 amide bonds. The number of terminal acetylenes is 1. The molecule has 1 atom stereocenters. The van der Waals surface area contributed by atoms with E-state index in [1.54, 1.807) is 12.1 Å². The van der Waals surface area contributed by atoms with Crippen LogP contribution in [0.4, 0.5) is 4.39 Å². The maximum absolute atomic E-state index is 12.9. The summed E-state index contributed by atoms with van der Waals surface area (Å²) in [5.41, 5.74) is -0.0445. The number of carboxylic acid groups (broad SMARTS) is 1. The molecule has 0 saturated heterocycles. The van der Waals surface area contributed by atoms with Gasteiger partial charge in [0, 0.05) is 6.42 Å². The molecule has 2 rings (SSSR count). The van der Waals surface area contributed by atoms with E-state index in [1.165, 1.54) is 12.1 Å². The molecule has 2 N–H and O–H groups in total. The molecule has 0 aromatic heterocycles. The topological polar surface area (TPSA) is 66.4 Å². The highest BCUT2D eigenvalue weighted by Gasteiger charge is 2.51. The van der Waals surface area contributed by atoms with Gasteiger partial charge in [-0.25, -0.2) is 9.18 Å². The van der Waals surface area contributed by atoms with Crippen LogP contribution in [-0.2, 0) is 15.0 Å². The summed E-state index contributed by atoms with van der Waals surface area (Å²) in [5, 5.41) is 11.4. The summed E-state index contributed by atoms with van der Waals surface area (Å²) >= 11 is 0. The first-order chi connectivity index (χ1) is 9.49. The number of rotatable bonds is 5. The average molecular weight is 275 g/mol. The maximum Gasteiger partial charge on any atom is 0.327 e. The second-order valence-corrected chi connectivity index (χ2v) is 4.86. The third-order valence-corrected chi connectivity index (χ3v) is 3.51. The van der Waals surface area contributed by atoms with Crippen LogP contribution in [0.15, 0.2) is 24.3 Å². The monoisotopic (exact) mass is 275 g/mol. The fraction of sp³-hybridized carbons (Fsp3) is 0.333. The van der Waals surface area contributed by atoms with Crippen LogP contribution >= 0.6 is 0 Å². The molecule has 1 unspecified atom stereocenters. The van der Waals surface area contributed by atoms with Crippen LogP contribution < -0.4 is 5.32 Å². The van der Waals surface area contributed by atoms with E-state index in [9.17, 15) is 14.0 Å². The second-order valence-electron chi connectivity index (χ2n) is 4.86. The Bertz CT molecular complexity index is 570. The van der Waals surface area contributed by atoms with Crippen molar-refractivity contribution < 1.29 is 19.1 Å². The summed E-state index contributed by atoms with van der Waals surface area (Å²) in [5.74, 6) is 0.324. The van der Waals surface area contributed by atoms with Crippen LogP contribution in [0, 0.1) is 18.2 Å².